The van der Waals surface area contributed by atoms with Crippen molar-refractivity contribution in [2.75, 3.05) is 24.7 Å². The first kappa shape index (κ1) is 17.6. The Balaban J connectivity index is 2.68. The third-order valence-electron chi connectivity index (χ3n) is 2.78. The van der Waals surface area contributed by atoms with Gasteiger partial charge in [-0.1, -0.05) is 30.1 Å². The minimum atomic E-state index is -2.97. The average molecular weight is 340 g/mol. The number of benzene rings is 1. The van der Waals surface area contributed by atoms with Gasteiger partial charge in [-0.05, 0) is 37.1 Å². The van der Waals surface area contributed by atoms with Crippen molar-refractivity contribution in [3.63, 3.8) is 0 Å². The second-order valence-electron chi connectivity index (χ2n) is 4.35. The maximum atomic E-state index is 11.4. The standard InChI is InChI=1S/C13H19Cl2NO3S/c1-2-20(17,18)7-3-6-19-13-10(4-5-16)8-11(14)9-12(13)15/h8-9H,2-7,16H2,1H3. The van der Waals surface area contributed by atoms with E-state index < -0.39 is 9.84 Å². The van der Waals surface area contributed by atoms with Crippen LogP contribution in [0.1, 0.15) is 18.9 Å². The Morgan fingerprint density at radius 1 is 1.30 bits per heavy atom. The molecule has 20 heavy (non-hydrogen) atoms. The monoisotopic (exact) mass is 339 g/mol. The SMILES string of the molecule is CCS(=O)(=O)CCCOc1c(Cl)cc(Cl)cc1CCN. The van der Waals surface area contributed by atoms with Crippen LogP contribution in [0, 0.1) is 0 Å². The number of hydrogen-bond acceptors (Lipinski definition) is 4. The molecule has 0 atom stereocenters. The molecule has 0 aliphatic heterocycles. The van der Waals surface area contributed by atoms with E-state index in [-0.39, 0.29) is 18.1 Å². The van der Waals surface area contributed by atoms with Crippen molar-refractivity contribution in [1.82, 2.24) is 0 Å². The largest absolute Gasteiger partial charge is 0.492 e. The highest BCUT2D eigenvalue weighted by molar-refractivity contribution is 7.91. The van der Waals surface area contributed by atoms with Gasteiger partial charge in [0.15, 0.2) is 0 Å². The minimum Gasteiger partial charge on any atom is -0.492 e. The van der Waals surface area contributed by atoms with Crippen LogP contribution in [0.2, 0.25) is 10.0 Å². The molecule has 0 amide bonds. The molecule has 0 aliphatic carbocycles. The summed E-state index contributed by atoms with van der Waals surface area (Å²) in [6.07, 6.45) is 1.03. The van der Waals surface area contributed by atoms with E-state index in [1.54, 1.807) is 19.1 Å². The third kappa shape index (κ3) is 5.48. The molecule has 1 aromatic rings. The highest BCUT2D eigenvalue weighted by Crippen LogP contribution is 2.32. The summed E-state index contributed by atoms with van der Waals surface area (Å²) in [6.45, 7) is 2.38. The zero-order chi connectivity index (χ0) is 15.2. The van der Waals surface area contributed by atoms with Gasteiger partial charge in [-0.3, -0.25) is 0 Å². The summed E-state index contributed by atoms with van der Waals surface area (Å²) in [5, 5.41) is 0.943. The van der Waals surface area contributed by atoms with Gasteiger partial charge >= 0.3 is 0 Å². The third-order valence-corrected chi connectivity index (χ3v) is 5.07. The number of nitrogens with two attached hydrogens (primary N) is 1. The molecule has 0 unspecified atom stereocenters. The Labute approximate surface area is 130 Å². The Hall–Kier alpha value is -0.490. The van der Waals surface area contributed by atoms with E-state index in [2.05, 4.69) is 0 Å². The molecule has 7 heteroatoms. The lowest BCUT2D eigenvalue weighted by Crippen LogP contribution is -2.12. The Bertz CT molecular complexity index is 547. The predicted octanol–water partition coefficient (Wildman–Crippen LogP) is 2.70. The molecule has 2 N–H and O–H groups in total. The fourth-order valence-electron chi connectivity index (χ4n) is 1.71. The van der Waals surface area contributed by atoms with Crippen LogP contribution in [0.3, 0.4) is 0 Å². The summed E-state index contributed by atoms with van der Waals surface area (Å²) < 4.78 is 28.4. The van der Waals surface area contributed by atoms with E-state index in [0.717, 1.165) is 5.56 Å². The van der Waals surface area contributed by atoms with Crippen molar-refractivity contribution in [2.45, 2.75) is 19.8 Å². The summed E-state index contributed by atoms with van der Waals surface area (Å²) in [7, 11) is -2.97. The molecule has 0 aromatic heterocycles. The second-order valence-corrected chi connectivity index (χ2v) is 7.67. The average Bonchev–Trinajstić information content (AvgIpc) is 2.37. The zero-order valence-electron chi connectivity index (χ0n) is 11.4. The summed E-state index contributed by atoms with van der Waals surface area (Å²) in [6, 6.07) is 3.36. The Kier molecular flexibility index (Phi) is 7.09. The van der Waals surface area contributed by atoms with Gasteiger partial charge in [0, 0.05) is 10.8 Å². The lowest BCUT2D eigenvalue weighted by atomic mass is 10.1. The van der Waals surface area contributed by atoms with E-state index >= 15 is 0 Å². The van der Waals surface area contributed by atoms with Crippen LogP contribution < -0.4 is 10.5 Å². The molecule has 0 aliphatic rings. The van der Waals surface area contributed by atoms with Crippen LogP contribution in [0.25, 0.3) is 0 Å². The van der Waals surface area contributed by atoms with E-state index in [0.29, 0.717) is 35.2 Å². The van der Waals surface area contributed by atoms with Crippen LogP contribution in [0.4, 0.5) is 0 Å². The van der Waals surface area contributed by atoms with Gasteiger partial charge in [0.2, 0.25) is 0 Å². The first-order chi connectivity index (χ1) is 9.39. The molecule has 0 heterocycles. The summed E-state index contributed by atoms with van der Waals surface area (Å²) >= 11 is 12.0. The predicted molar refractivity (Wildman–Crippen MR) is 83.7 cm³/mol. The van der Waals surface area contributed by atoms with Crippen molar-refractivity contribution in [3.05, 3.63) is 27.7 Å². The molecule has 0 saturated carbocycles. The Morgan fingerprint density at radius 3 is 2.60 bits per heavy atom. The number of ether oxygens (including phenoxy) is 1. The summed E-state index contributed by atoms with van der Waals surface area (Å²) in [5.41, 5.74) is 6.37. The van der Waals surface area contributed by atoms with Crippen molar-refractivity contribution >= 4 is 33.0 Å². The molecule has 0 bridgehead atoms. The topological polar surface area (TPSA) is 69.4 Å². The van der Waals surface area contributed by atoms with E-state index in [1.807, 2.05) is 0 Å². The van der Waals surface area contributed by atoms with E-state index in [4.69, 9.17) is 33.7 Å². The molecule has 1 aromatic carbocycles. The minimum absolute atomic E-state index is 0.112. The van der Waals surface area contributed by atoms with Crippen molar-refractivity contribution < 1.29 is 13.2 Å². The second kappa shape index (κ2) is 8.08. The highest BCUT2D eigenvalue weighted by Gasteiger charge is 2.12. The first-order valence-corrected chi connectivity index (χ1v) is 8.98. The lowest BCUT2D eigenvalue weighted by molar-refractivity contribution is 0.314. The normalized spacial score (nSPS) is 11.6. The van der Waals surface area contributed by atoms with Gasteiger partial charge in [-0.2, -0.15) is 0 Å². The van der Waals surface area contributed by atoms with Crippen molar-refractivity contribution in [1.29, 1.82) is 0 Å². The van der Waals surface area contributed by atoms with Crippen LogP contribution in [0.15, 0.2) is 12.1 Å². The molecule has 4 nitrogen and oxygen atoms in total. The highest BCUT2D eigenvalue weighted by atomic mass is 35.5. The Morgan fingerprint density at radius 2 is 2.00 bits per heavy atom. The summed E-state index contributed by atoms with van der Waals surface area (Å²) in [4.78, 5) is 0. The number of halogens is 2. The van der Waals surface area contributed by atoms with Crippen LogP contribution in [-0.4, -0.2) is 33.1 Å². The lowest BCUT2D eigenvalue weighted by Gasteiger charge is -2.13. The fraction of sp³-hybridized carbons (Fsp3) is 0.538. The number of rotatable bonds is 8. The van der Waals surface area contributed by atoms with Gasteiger partial charge in [0.25, 0.3) is 0 Å². The molecular formula is C13H19Cl2NO3S. The quantitative estimate of drug-likeness (QED) is 0.739. The maximum Gasteiger partial charge on any atom is 0.150 e. The number of hydrogen-bond donors (Lipinski definition) is 1. The smallest absolute Gasteiger partial charge is 0.150 e. The molecule has 0 fully saturated rings. The fourth-order valence-corrected chi connectivity index (χ4v) is 3.15. The van der Waals surface area contributed by atoms with E-state index in [1.165, 1.54) is 0 Å². The first-order valence-electron chi connectivity index (χ1n) is 6.41. The molecule has 1 rings (SSSR count). The van der Waals surface area contributed by atoms with Crippen LogP contribution >= 0.6 is 23.2 Å². The molecule has 0 radical (unpaired) electrons. The van der Waals surface area contributed by atoms with Crippen molar-refractivity contribution in [3.8, 4) is 5.75 Å². The van der Waals surface area contributed by atoms with Gasteiger partial charge in [-0.15, -0.1) is 0 Å². The summed E-state index contributed by atoms with van der Waals surface area (Å²) in [5.74, 6) is 0.795. The van der Waals surface area contributed by atoms with E-state index in [9.17, 15) is 8.42 Å². The van der Waals surface area contributed by atoms with Gasteiger partial charge in [0.1, 0.15) is 15.6 Å². The van der Waals surface area contributed by atoms with Gasteiger partial charge in [-0.25, -0.2) is 8.42 Å². The van der Waals surface area contributed by atoms with Gasteiger partial charge in [0.05, 0.1) is 17.4 Å². The van der Waals surface area contributed by atoms with Crippen LogP contribution in [-0.2, 0) is 16.3 Å². The van der Waals surface area contributed by atoms with Crippen molar-refractivity contribution in [2.24, 2.45) is 5.73 Å². The maximum absolute atomic E-state index is 11.4. The van der Waals surface area contributed by atoms with Gasteiger partial charge < -0.3 is 10.5 Å². The van der Waals surface area contributed by atoms with Crippen LogP contribution in [0.5, 0.6) is 5.75 Å². The molecule has 114 valence electrons. The molecule has 0 spiro atoms. The zero-order valence-corrected chi connectivity index (χ0v) is 13.7. The molecular weight excluding hydrogens is 321 g/mol. The molecule has 0 saturated heterocycles. The number of sulfone groups is 1.